The lowest BCUT2D eigenvalue weighted by Crippen LogP contribution is -2.43. The Labute approximate surface area is 271 Å². The van der Waals surface area contributed by atoms with Gasteiger partial charge in [0.1, 0.15) is 12.1 Å². The van der Waals surface area contributed by atoms with E-state index in [4.69, 9.17) is 0 Å². The Balaban J connectivity index is 1.17. The Morgan fingerprint density at radius 2 is 1.76 bits per heavy atom. The molecule has 242 valence electrons. The maximum absolute atomic E-state index is 12.9. The number of halogens is 3. The number of urea groups is 1. The second kappa shape index (κ2) is 14.0. The molecule has 0 spiro atoms. The van der Waals surface area contributed by atoms with E-state index in [1.54, 1.807) is 11.8 Å². The van der Waals surface area contributed by atoms with Gasteiger partial charge in [-0.25, -0.2) is 14.5 Å². The van der Waals surface area contributed by atoms with Gasteiger partial charge in [-0.3, -0.25) is 0 Å². The third-order valence-corrected chi connectivity index (χ3v) is 8.70. The molecule has 4 aromatic rings. The minimum atomic E-state index is -4.75. The maximum Gasteiger partial charge on any atom is 0.573 e. The number of amidine groups is 1. The van der Waals surface area contributed by atoms with Crippen molar-refractivity contribution in [1.82, 2.24) is 20.1 Å². The molecule has 2 atom stereocenters. The number of amides is 2. The SMILES string of the molecule is Cc1cc(C)c(N2C(=NC(=O)NCC(C)Cc3ccc(-c4ncn(-c5ccc(OC(F)(F)F)cc5)n4)cc3)SCCC2C)c(C)c1. The molecule has 0 radical (unpaired) electrons. The van der Waals surface area contributed by atoms with Gasteiger partial charge < -0.3 is 15.0 Å². The summed E-state index contributed by atoms with van der Waals surface area (Å²) in [6.07, 6.45) is -1.47. The molecule has 1 aliphatic heterocycles. The van der Waals surface area contributed by atoms with Crippen molar-refractivity contribution in [3.05, 3.63) is 89.2 Å². The molecule has 1 saturated heterocycles. The second-order valence-corrected chi connectivity index (χ2v) is 12.8. The zero-order valence-corrected chi connectivity index (χ0v) is 27.2. The number of hydrogen-bond acceptors (Lipinski definition) is 5. The number of thioether (sulfide) groups is 1. The Kier molecular flexibility index (Phi) is 10.0. The van der Waals surface area contributed by atoms with Crippen LogP contribution in [0.15, 0.2) is 72.0 Å². The molecule has 0 saturated carbocycles. The van der Waals surface area contributed by atoms with Crippen molar-refractivity contribution >= 4 is 28.6 Å². The highest BCUT2D eigenvalue weighted by atomic mass is 32.2. The number of rotatable bonds is 8. The normalized spacial score (nSPS) is 16.8. The van der Waals surface area contributed by atoms with E-state index in [0.717, 1.165) is 40.6 Å². The summed E-state index contributed by atoms with van der Waals surface area (Å²) in [4.78, 5) is 24.0. The summed E-state index contributed by atoms with van der Waals surface area (Å²) in [5, 5.41) is 8.19. The smallest absolute Gasteiger partial charge is 0.406 e. The van der Waals surface area contributed by atoms with Crippen molar-refractivity contribution < 1.29 is 22.7 Å². The Morgan fingerprint density at radius 1 is 1.09 bits per heavy atom. The number of alkyl halides is 3. The third-order valence-electron chi connectivity index (χ3n) is 7.71. The molecule has 1 N–H and O–H groups in total. The number of aromatic nitrogens is 3. The average molecular weight is 651 g/mol. The fourth-order valence-corrected chi connectivity index (χ4v) is 6.83. The van der Waals surface area contributed by atoms with Crippen LogP contribution in [0.4, 0.5) is 23.7 Å². The van der Waals surface area contributed by atoms with Crippen LogP contribution in [0.25, 0.3) is 17.1 Å². The number of benzene rings is 3. The number of hydrogen-bond donors (Lipinski definition) is 1. The number of anilines is 1. The van der Waals surface area contributed by atoms with Crippen LogP contribution in [0.1, 0.15) is 42.5 Å². The van der Waals surface area contributed by atoms with Gasteiger partial charge in [-0.2, -0.15) is 4.99 Å². The van der Waals surface area contributed by atoms with Gasteiger partial charge in [0, 0.05) is 29.6 Å². The van der Waals surface area contributed by atoms with Crippen molar-refractivity contribution in [2.24, 2.45) is 10.9 Å². The Bertz CT molecular complexity index is 1680. The molecule has 1 aliphatic rings. The van der Waals surface area contributed by atoms with Crippen LogP contribution in [0, 0.1) is 26.7 Å². The van der Waals surface area contributed by atoms with Crippen LogP contribution in [-0.2, 0) is 6.42 Å². The number of aliphatic imine (C=N–C) groups is 1. The summed E-state index contributed by atoms with van der Waals surface area (Å²) in [5.74, 6) is 1.28. The van der Waals surface area contributed by atoms with E-state index in [-0.39, 0.29) is 23.7 Å². The van der Waals surface area contributed by atoms with E-state index in [9.17, 15) is 18.0 Å². The highest BCUT2D eigenvalue weighted by molar-refractivity contribution is 8.14. The maximum atomic E-state index is 12.9. The summed E-state index contributed by atoms with van der Waals surface area (Å²) in [5.41, 5.74) is 7.16. The van der Waals surface area contributed by atoms with Crippen LogP contribution >= 0.6 is 11.8 Å². The first-order valence-corrected chi connectivity index (χ1v) is 16.1. The summed E-state index contributed by atoms with van der Waals surface area (Å²) in [7, 11) is 0. The van der Waals surface area contributed by atoms with Gasteiger partial charge in [0.2, 0.25) is 0 Å². The molecule has 5 rings (SSSR count). The molecular weight excluding hydrogens is 613 g/mol. The Morgan fingerprint density at radius 3 is 2.41 bits per heavy atom. The van der Waals surface area contributed by atoms with Crippen molar-refractivity contribution in [3.8, 4) is 22.8 Å². The number of carbonyl (C=O) groups is 1. The quantitative estimate of drug-likeness (QED) is 0.208. The van der Waals surface area contributed by atoms with E-state index in [2.05, 4.69) is 76.8 Å². The fourth-order valence-electron chi connectivity index (χ4n) is 5.64. The molecule has 12 heteroatoms. The first kappa shape index (κ1) is 33.1. The van der Waals surface area contributed by atoms with Crippen molar-refractivity contribution in [1.29, 1.82) is 0 Å². The molecule has 1 fully saturated rings. The van der Waals surface area contributed by atoms with Crippen molar-refractivity contribution in [2.75, 3.05) is 17.2 Å². The topological polar surface area (TPSA) is 84.6 Å². The standard InChI is InChI=1S/C34H37F3N6O2S/c1-21-16-23(3)30(24(4)17-21)43-25(5)14-15-46-33(43)40-32(44)38-19-22(2)18-26-6-8-27(9-7-26)31-39-20-42(41-31)28-10-12-29(13-11-28)45-34(35,36)37/h6-13,16-17,20,22,25H,14-15,18-19H2,1-5H3,(H,38,44). The van der Waals surface area contributed by atoms with E-state index in [1.165, 1.54) is 52.0 Å². The van der Waals surface area contributed by atoms with Crippen LogP contribution in [0.2, 0.25) is 0 Å². The van der Waals surface area contributed by atoms with E-state index >= 15 is 0 Å². The minimum absolute atomic E-state index is 0.173. The van der Waals surface area contributed by atoms with Gasteiger partial charge in [0.05, 0.1) is 5.69 Å². The Hall–Kier alpha value is -4.32. The van der Waals surface area contributed by atoms with Crippen LogP contribution in [0.3, 0.4) is 0 Å². The lowest BCUT2D eigenvalue weighted by molar-refractivity contribution is -0.274. The summed E-state index contributed by atoms with van der Waals surface area (Å²) >= 11 is 1.62. The lowest BCUT2D eigenvalue weighted by atomic mass is 10.00. The van der Waals surface area contributed by atoms with E-state index in [0.29, 0.717) is 18.1 Å². The highest BCUT2D eigenvalue weighted by Crippen LogP contribution is 2.34. The fraction of sp³-hybridized carbons (Fsp3) is 0.353. The van der Waals surface area contributed by atoms with Gasteiger partial charge in [-0.1, -0.05) is 60.6 Å². The van der Waals surface area contributed by atoms with Gasteiger partial charge in [0.25, 0.3) is 0 Å². The summed E-state index contributed by atoms with van der Waals surface area (Å²) in [6, 6.07) is 17.5. The van der Waals surface area contributed by atoms with Crippen molar-refractivity contribution in [2.45, 2.75) is 59.9 Å². The second-order valence-electron chi connectivity index (χ2n) is 11.7. The number of aryl methyl sites for hydroxylation is 3. The molecule has 1 aromatic heterocycles. The predicted octanol–water partition coefficient (Wildman–Crippen LogP) is 8.03. The zero-order chi connectivity index (χ0) is 33.0. The predicted molar refractivity (Wildman–Crippen MR) is 177 cm³/mol. The molecule has 2 unspecified atom stereocenters. The monoisotopic (exact) mass is 650 g/mol. The van der Waals surface area contributed by atoms with Gasteiger partial charge >= 0.3 is 12.4 Å². The third kappa shape index (κ3) is 8.28. The molecule has 46 heavy (non-hydrogen) atoms. The molecule has 8 nitrogen and oxygen atoms in total. The number of carbonyl (C=O) groups excluding carboxylic acids is 1. The highest BCUT2D eigenvalue weighted by Gasteiger charge is 2.31. The largest absolute Gasteiger partial charge is 0.573 e. The van der Waals surface area contributed by atoms with Crippen LogP contribution in [0.5, 0.6) is 5.75 Å². The van der Waals surface area contributed by atoms with Crippen molar-refractivity contribution in [3.63, 3.8) is 0 Å². The molecule has 3 aromatic carbocycles. The van der Waals surface area contributed by atoms with E-state index in [1.807, 2.05) is 24.3 Å². The number of ether oxygens (including phenoxy) is 1. The summed E-state index contributed by atoms with van der Waals surface area (Å²) in [6.45, 7) is 11.1. The van der Waals surface area contributed by atoms with Crippen LogP contribution < -0.4 is 15.0 Å². The molecule has 0 bridgehead atoms. The minimum Gasteiger partial charge on any atom is -0.406 e. The first-order chi connectivity index (χ1) is 21.9. The lowest BCUT2D eigenvalue weighted by Gasteiger charge is -2.37. The molecule has 2 heterocycles. The summed E-state index contributed by atoms with van der Waals surface area (Å²) < 4.78 is 42.7. The molecule has 0 aliphatic carbocycles. The van der Waals surface area contributed by atoms with Crippen LogP contribution in [-0.4, -0.2) is 50.7 Å². The first-order valence-electron chi connectivity index (χ1n) is 15.1. The van der Waals surface area contributed by atoms with E-state index < -0.39 is 6.36 Å². The number of nitrogens with one attached hydrogen (secondary N) is 1. The average Bonchev–Trinajstić information content (AvgIpc) is 3.47. The zero-order valence-electron chi connectivity index (χ0n) is 26.4. The van der Waals surface area contributed by atoms with Gasteiger partial charge in [0.15, 0.2) is 11.0 Å². The molecule has 2 amide bonds. The molecular formula is C34H37F3N6O2S. The number of nitrogens with zero attached hydrogens (tertiary/aromatic N) is 5. The van der Waals surface area contributed by atoms with Gasteiger partial charge in [-0.15, -0.1) is 18.3 Å². The van der Waals surface area contributed by atoms with Gasteiger partial charge in [-0.05, 0) is 87.4 Å².